The molecule has 0 saturated heterocycles. The quantitative estimate of drug-likeness (QED) is 0.462. The summed E-state index contributed by atoms with van der Waals surface area (Å²) in [6.07, 6.45) is 0. The van der Waals surface area contributed by atoms with Crippen LogP contribution < -0.4 is 14.4 Å². The molecule has 0 aliphatic carbocycles. The fraction of sp³-hybridized carbons (Fsp3) is 0.269. The van der Waals surface area contributed by atoms with Gasteiger partial charge in [-0.2, -0.15) is 0 Å². The van der Waals surface area contributed by atoms with Crippen LogP contribution in [0.15, 0.2) is 77.7 Å². The van der Waals surface area contributed by atoms with Crippen molar-refractivity contribution in [2.45, 2.75) is 31.6 Å². The molecule has 1 N–H and O–H groups in total. The number of sulfonamides is 1. The van der Waals surface area contributed by atoms with Crippen molar-refractivity contribution in [3.63, 3.8) is 0 Å². The molecule has 6 nitrogen and oxygen atoms in total. The molecule has 1 amide bonds. The van der Waals surface area contributed by atoms with Crippen molar-refractivity contribution in [3.8, 4) is 5.75 Å². The highest BCUT2D eigenvalue weighted by Crippen LogP contribution is 2.26. The zero-order valence-corrected chi connectivity index (χ0v) is 20.2. The molecule has 3 aromatic carbocycles. The minimum Gasteiger partial charge on any atom is -0.491 e. The van der Waals surface area contributed by atoms with Crippen LogP contribution in [-0.4, -0.2) is 34.5 Å². The Morgan fingerprint density at radius 2 is 1.61 bits per heavy atom. The normalized spacial score (nSPS) is 11.3. The zero-order chi connectivity index (χ0) is 24.0. The molecule has 0 aromatic heterocycles. The lowest BCUT2D eigenvalue weighted by molar-refractivity contribution is 0.0947. The fourth-order valence-corrected chi connectivity index (χ4v) is 4.54. The molecule has 0 saturated carbocycles. The topological polar surface area (TPSA) is 75.7 Å². The Morgan fingerprint density at radius 3 is 2.24 bits per heavy atom. The Bertz CT molecular complexity index is 1190. The van der Waals surface area contributed by atoms with Gasteiger partial charge in [-0.1, -0.05) is 49.7 Å². The third-order valence-electron chi connectivity index (χ3n) is 5.36. The lowest BCUT2D eigenvalue weighted by Gasteiger charge is -2.20. The van der Waals surface area contributed by atoms with Crippen molar-refractivity contribution in [2.24, 2.45) is 0 Å². The second-order valence-electron chi connectivity index (χ2n) is 8.13. The van der Waals surface area contributed by atoms with Gasteiger partial charge in [0.15, 0.2) is 0 Å². The van der Waals surface area contributed by atoms with Crippen molar-refractivity contribution < 1.29 is 17.9 Å². The number of rotatable bonds is 9. The molecule has 174 valence electrons. The van der Waals surface area contributed by atoms with Crippen LogP contribution in [0.4, 0.5) is 5.69 Å². The molecule has 0 unspecified atom stereocenters. The highest BCUT2D eigenvalue weighted by molar-refractivity contribution is 7.92. The number of aryl methyl sites for hydroxylation is 1. The van der Waals surface area contributed by atoms with Gasteiger partial charge in [0, 0.05) is 12.6 Å². The lowest BCUT2D eigenvalue weighted by atomic mass is 10.0. The third-order valence-corrected chi connectivity index (χ3v) is 7.16. The largest absolute Gasteiger partial charge is 0.491 e. The maximum Gasteiger partial charge on any atom is 0.264 e. The Morgan fingerprint density at radius 1 is 0.970 bits per heavy atom. The molecule has 0 fully saturated rings. The number of carbonyl (C=O) groups excluding carboxylic acids is 1. The fourth-order valence-electron chi connectivity index (χ4n) is 3.35. The second-order valence-corrected chi connectivity index (χ2v) is 10.1. The first-order valence-corrected chi connectivity index (χ1v) is 12.3. The van der Waals surface area contributed by atoms with E-state index in [1.807, 2.05) is 31.2 Å². The first-order valence-electron chi connectivity index (χ1n) is 10.9. The van der Waals surface area contributed by atoms with E-state index in [4.69, 9.17) is 4.74 Å². The van der Waals surface area contributed by atoms with E-state index in [0.717, 1.165) is 16.9 Å². The van der Waals surface area contributed by atoms with Gasteiger partial charge in [-0.3, -0.25) is 9.10 Å². The summed E-state index contributed by atoms with van der Waals surface area (Å²) in [5.74, 6) is 0.928. The van der Waals surface area contributed by atoms with E-state index in [1.54, 1.807) is 48.5 Å². The van der Waals surface area contributed by atoms with Gasteiger partial charge in [-0.05, 0) is 60.9 Å². The molecule has 7 heteroatoms. The molecule has 0 aliphatic rings. The number of anilines is 1. The van der Waals surface area contributed by atoms with Crippen molar-refractivity contribution in [1.29, 1.82) is 0 Å². The van der Waals surface area contributed by atoms with E-state index in [-0.39, 0.29) is 10.8 Å². The minimum atomic E-state index is -3.68. The van der Waals surface area contributed by atoms with Gasteiger partial charge in [0.2, 0.25) is 0 Å². The molecule has 3 aromatic rings. The van der Waals surface area contributed by atoms with Crippen molar-refractivity contribution in [2.75, 3.05) is 24.5 Å². The van der Waals surface area contributed by atoms with E-state index in [1.165, 1.54) is 11.4 Å². The first-order chi connectivity index (χ1) is 15.7. The van der Waals surface area contributed by atoms with Crippen LogP contribution in [0.2, 0.25) is 0 Å². The Kier molecular flexibility index (Phi) is 7.76. The number of nitrogens with one attached hydrogen (secondary N) is 1. The van der Waals surface area contributed by atoms with E-state index in [0.29, 0.717) is 30.3 Å². The van der Waals surface area contributed by atoms with Gasteiger partial charge in [-0.15, -0.1) is 0 Å². The summed E-state index contributed by atoms with van der Waals surface area (Å²) >= 11 is 0. The Labute approximate surface area is 196 Å². The van der Waals surface area contributed by atoms with Gasteiger partial charge in [0.25, 0.3) is 15.9 Å². The van der Waals surface area contributed by atoms with Gasteiger partial charge in [0.1, 0.15) is 12.4 Å². The SMILES string of the molecule is Cc1ccc(S(=O)(=O)N(C)c2ccc(C(=O)NCCOc3ccccc3C(C)C)cc2)cc1. The molecule has 0 heterocycles. The molecule has 33 heavy (non-hydrogen) atoms. The van der Waals surface area contributed by atoms with Crippen LogP contribution in [0, 0.1) is 6.92 Å². The van der Waals surface area contributed by atoms with Crippen molar-refractivity contribution in [3.05, 3.63) is 89.5 Å². The predicted molar refractivity (Wildman–Crippen MR) is 132 cm³/mol. The predicted octanol–water partition coefficient (Wildman–Crippen LogP) is 4.75. The maximum absolute atomic E-state index is 12.9. The molecule has 0 spiro atoms. The summed E-state index contributed by atoms with van der Waals surface area (Å²) in [5, 5.41) is 2.83. The highest BCUT2D eigenvalue weighted by Gasteiger charge is 2.21. The molecule has 0 atom stereocenters. The number of carbonyl (C=O) groups is 1. The van der Waals surface area contributed by atoms with E-state index < -0.39 is 10.0 Å². The molecule has 3 rings (SSSR count). The van der Waals surface area contributed by atoms with Crippen LogP contribution in [0.3, 0.4) is 0 Å². The van der Waals surface area contributed by atoms with Crippen LogP contribution in [0.1, 0.15) is 41.3 Å². The first kappa shape index (κ1) is 24.3. The third kappa shape index (κ3) is 5.93. The van der Waals surface area contributed by atoms with E-state index in [9.17, 15) is 13.2 Å². The van der Waals surface area contributed by atoms with Crippen LogP contribution in [-0.2, 0) is 10.0 Å². The van der Waals surface area contributed by atoms with E-state index in [2.05, 4.69) is 19.2 Å². The molecular formula is C26H30N2O4S. The highest BCUT2D eigenvalue weighted by atomic mass is 32.2. The number of para-hydroxylation sites is 1. The zero-order valence-electron chi connectivity index (χ0n) is 19.4. The van der Waals surface area contributed by atoms with Gasteiger partial charge < -0.3 is 10.1 Å². The number of amides is 1. The number of nitrogens with zero attached hydrogens (tertiary/aromatic N) is 1. The van der Waals surface area contributed by atoms with Crippen molar-refractivity contribution >= 4 is 21.6 Å². The minimum absolute atomic E-state index is 0.219. The van der Waals surface area contributed by atoms with Crippen LogP contribution in [0.25, 0.3) is 0 Å². The number of hydrogen-bond donors (Lipinski definition) is 1. The Balaban J connectivity index is 1.57. The molecular weight excluding hydrogens is 436 g/mol. The Hall–Kier alpha value is -3.32. The van der Waals surface area contributed by atoms with Gasteiger partial charge in [0.05, 0.1) is 17.1 Å². The van der Waals surface area contributed by atoms with Crippen LogP contribution in [0.5, 0.6) is 5.75 Å². The average molecular weight is 467 g/mol. The summed E-state index contributed by atoms with van der Waals surface area (Å²) in [6.45, 7) is 6.83. The lowest BCUT2D eigenvalue weighted by Crippen LogP contribution is -2.29. The molecule has 0 radical (unpaired) electrons. The number of ether oxygens (including phenoxy) is 1. The summed E-state index contributed by atoms with van der Waals surface area (Å²) in [7, 11) is -2.18. The van der Waals surface area contributed by atoms with Crippen LogP contribution >= 0.6 is 0 Å². The summed E-state index contributed by atoms with van der Waals surface area (Å²) in [5.41, 5.74) is 3.04. The van der Waals surface area contributed by atoms with Gasteiger partial charge >= 0.3 is 0 Å². The number of hydrogen-bond acceptors (Lipinski definition) is 4. The monoisotopic (exact) mass is 466 g/mol. The summed E-state index contributed by atoms with van der Waals surface area (Å²) < 4.78 is 32.7. The molecule has 0 aliphatic heterocycles. The summed E-state index contributed by atoms with van der Waals surface area (Å²) in [4.78, 5) is 12.7. The summed E-state index contributed by atoms with van der Waals surface area (Å²) in [6, 6.07) is 21.0. The average Bonchev–Trinajstić information content (AvgIpc) is 2.81. The van der Waals surface area contributed by atoms with Crippen molar-refractivity contribution in [1.82, 2.24) is 5.32 Å². The standard InChI is InChI=1S/C26H30N2O4S/c1-19(2)24-7-5-6-8-25(24)32-18-17-27-26(29)21-11-13-22(14-12-21)28(4)33(30,31)23-15-9-20(3)10-16-23/h5-16,19H,17-18H2,1-4H3,(H,27,29). The smallest absolute Gasteiger partial charge is 0.264 e. The maximum atomic E-state index is 12.9. The van der Waals surface area contributed by atoms with E-state index >= 15 is 0 Å². The molecule has 0 bridgehead atoms. The number of benzene rings is 3. The second kappa shape index (κ2) is 10.5. The van der Waals surface area contributed by atoms with Gasteiger partial charge in [-0.25, -0.2) is 8.42 Å².